The van der Waals surface area contributed by atoms with Gasteiger partial charge in [0.05, 0.1) is 11.7 Å². The highest BCUT2D eigenvalue weighted by atomic mass is 35.5. The van der Waals surface area contributed by atoms with E-state index in [1.54, 1.807) is 18.2 Å². The van der Waals surface area contributed by atoms with E-state index in [9.17, 15) is 13.2 Å². The van der Waals surface area contributed by atoms with Crippen molar-refractivity contribution in [3.63, 3.8) is 0 Å². The number of ether oxygens (including phenoxy) is 1. The second-order valence-corrected chi connectivity index (χ2v) is 8.82. The van der Waals surface area contributed by atoms with E-state index in [-0.39, 0.29) is 17.6 Å². The fraction of sp³-hybridized carbons (Fsp3) is 0.316. The summed E-state index contributed by atoms with van der Waals surface area (Å²) in [5.74, 6) is 0.353. The molecule has 1 heterocycles. The lowest BCUT2D eigenvalue weighted by atomic mass is 9.96. The van der Waals surface area contributed by atoms with Crippen molar-refractivity contribution in [2.75, 3.05) is 13.7 Å². The lowest BCUT2D eigenvalue weighted by Crippen LogP contribution is -2.37. The lowest BCUT2D eigenvalue weighted by molar-refractivity contribution is -0.126. The van der Waals surface area contributed by atoms with Crippen LogP contribution < -0.4 is 14.8 Å². The van der Waals surface area contributed by atoms with Gasteiger partial charge in [0.1, 0.15) is 12.4 Å². The first-order valence-electron chi connectivity index (χ1n) is 8.54. The third-order valence-electron chi connectivity index (χ3n) is 4.46. The highest BCUT2D eigenvalue weighted by molar-refractivity contribution is 7.88. The van der Waals surface area contributed by atoms with Gasteiger partial charge in [-0.2, -0.15) is 0 Å². The normalized spacial score (nSPS) is 16.3. The first-order chi connectivity index (χ1) is 12.9. The van der Waals surface area contributed by atoms with Crippen LogP contribution in [0.1, 0.15) is 16.7 Å². The Balaban J connectivity index is 1.55. The minimum absolute atomic E-state index is 0.0719. The van der Waals surface area contributed by atoms with E-state index in [4.69, 9.17) is 16.3 Å². The van der Waals surface area contributed by atoms with Gasteiger partial charge in [0.25, 0.3) is 0 Å². The topological polar surface area (TPSA) is 84.5 Å². The Hall–Kier alpha value is -2.09. The number of hydrogen-bond donors (Lipinski definition) is 2. The fourth-order valence-corrected chi connectivity index (χ4v) is 3.88. The van der Waals surface area contributed by atoms with E-state index >= 15 is 0 Å². The van der Waals surface area contributed by atoms with E-state index in [1.165, 1.54) is 7.05 Å². The molecule has 1 atom stereocenters. The molecule has 0 aliphatic carbocycles. The van der Waals surface area contributed by atoms with Crippen LogP contribution in [0.25, 0.3) is 0 Å². The number of carbonyl (C=O) groups is 1. The molecule has 0 aromatic heterocycles. The van der Waals surface area contributed by atoms with Crippen LogP contribution in [-0.2, 0) is 33.5 Å². The second kappa shape index (κ2) is 8.29. The Bertz CT molecular complexity index is 929. The van der Waals surface area contributed by atoms with Crippen LogP contribution in [0.15, 0.2) is 42.5 Å². The predicted molar refractivity (Wildman–Crippen MR) is 104 cm³/mol. The smallest absolute Gasteiger partial charge is 0.227 e. The van der Waals surface area contributed by atoms with Gasteiger partial charge in [0.15, 0.2) is 0 Å². The van der Waals surface area contributed by atoms with Gasteiger partial charge in [0.2, 0.25) is 15.9 Å². The van der Waals surface area contributed by atoms with E-state index < -0.39 is 10.0 Å². The molecule has 0 saturated carbocycles. The Morgan fingerprint density at radius 2 is 1.89 bits per heavy atom. The molecule has 2 N–H and O–H groups in total. The van der Waals surface area contributed by atoms with Crippen molar-refractivity contribution >= 4 is 27.5 Å². The van der Waals surface area contributed by atoms with E-state index in [1.807, 2.05) is 24.3 Å². The number of hydrogen-bond acceptors (Lipinski definition) is 4. The van der Waals surface area contributed by atoms with Crippen molar-refractivity contribution in [1.29, 1.82) is 0 Å². The van der Waals surface area contributed by atoms with Crippen molar-refractivity contribution in [3.8, 4) is 5.75 Å². The van der Waals surface area contributed by atoms with E-state index in [2.05, 4.69) is 10.0 Å². The molecule has 2 aromatic rings. The summed E-state index contributed by atoms with van der Waals surface area (Å²) in [5.41, 5.74) is 2.52. The molecule has 1 aliphatic heterocycles. The van der Waals surface area contributed by atoms with Gasteiger partial charge in [-0.15, -0.1) is 0 Å². The molecule has 27 heavy (non-hydrogen) atoms. The van der Waals surface area contributed by atoms with Crippen molar-refractivity contribution in [3.05, 3.63) is 64.2 Å². The molecule has 0 bridgehead atoms. The van der Waals surface area contributed by atoms with Gasteiger partial charge < -0.3 is 10.1 Å². The molecule has 1 unspecified atom stereocenters. The van der Waals surface area contributed by atoms with Gasteiger partial charge in [-0.05, 0) is 48.4 Å². The molecule has 3 rings (SSSR count). The zero-order valence-electron chi connectivity index (χ0n) is 14.9. The van der Waals surface area contributed by atoms with Gasteiger partial charge in [0, 0.05) is 11.6 Å². The lowest BCUT2D eigenvalue weighted by Gasteiger charge is -2.24. The van der Waals surface area contributed by atoms with E-state index in [0.717, 1.165) is 16.9 Å². The van der Waals surface area contributed by atoms with Crippen LogP contribution in [0.5, 0.6) is 5.75 Å². The second-order valence-electron chi connectivity index (χ2n) is 6.46. The number of benzene rings is 2. The van der Waals surface area contributed by atoms with Gasteiger partial charge in [-0.1, -0.05) is 35.9 Å². The molecule has 1 amide bonds. The average Bonchev–Trinajstić information content (AvgIpc) is 2.66. The standard InChI is InChI=1S/C19H21ClN2O4S/c1-21-27(24,25)12-14-4-2-13(3-5-14)10-22-19(23)16-8-15-9-17(20)6-7-18(15)26-11-16/h2-7,9,16,21H,8,10-12H2,1H3,(H,22,23). The Labute approximate surface area is 163 Å². The summed E-state index contributed by atoms with van der Waals surface area (Å²) in [7, 11) is -1.91. The summed E-state index contributed by atoms with van der Waals surface area (Å²) in [4.78, 5) is 12.4. The maximum Gasteiger partial charge on any atom is 0.227 e. The first kappa shape index (κ1) is 19.7. The highest BCUT2D eigenvalue weighted by Crippen LogP contribution is 2.29. The Kier molecular flexibility index (Phi) is 6.04. The largest absolute Gasteiger partial charge is 0.492 e. The summed E-state index contributed by atoms with van der Waals surface area (Å²) >= 11 is 6.01. The molecule has 0 radical (unpaired) electrons. The van der Waals surface area contributed by atoms with Gasteiger partial charge in [-0.25, -0.2) is 13.1 Å². The number of halogens is 1. The van der Waals surface area contributed by atoms with E-state index in [0.29, 0.717) is 30.2 Å². The van der Waals surface area contributed by atoms with Gasteiger partial charge >= 0.3 is 0 Å². The quantitative estimate of drug-likeness (QED) is 0.767. The summed E-state index contributed by atoms with van der Waals surface area (Å²) in [6.45, 7) is 0.706. The number of rotatable bonds is 6. The minimum Gasteiger partial charge on any atom is -0.492 e. The molecule has 0 spiro atoms. The SMILES string of the molecule is CNS(=O)(=O)Cc1ccc(CNC(=O)C2COc3ccc(Cl)cc3C2)cc1. The van der Waals surface area contributed by atoms with Crippen LogP contribution in [0, 0.1) is 5.92 Å². The summed E-state index contributed by atoms with van der Waals surface area (Å²) < 4.78 is 31.1. The fourth-order valence-electron chi connectivity index (χ4n) is 2.91. The van der Waals surface area contributed by atoms with Crippen molar-refractivity contribution < 1.29 is 17.9 Å². The molecule has 1 aliphatic rings. The van der Waals surface area contributed by atoms with Crippen LogP contribution in [0.3, 0.4) is 0 Å². The molecule has 6 nitrogen and oxygen atoms in total. The predicted octanol–water partition coefficient (Wildman–Crippen LogP) is 2.26. The van der Waals surface area contributed by atoms with Crippen LogP contribution >= 0.6 is 11.6 Å². The third kappa shape index (κ3) is 5.22. The van der Waals surface area contributed by atoms with Crippen molar-refractivity contribution in [1.82, 2.24) is 10.0 Å². The zero-order chi connectivity index (χ0) is 19.4. The third-order valence-corrected chi connectivity index (χ3v) is 6.03. The maximum atomic E-state index is 12.4. The average molecular weight is 409 g/mol. The minimum atomic E-state index is -3.30. The molecule has 0 saturated heterocycles. The van der Waals surface area contributed by atoms with Crippen LogP contribution in [-0.4, -0.2) is 28.0 Å². The molecule has 144 valence electrons. The summed E-state index contributed by atoms with van der Waals surface area (Å²) in [6.07, 6.45) is 0.586. The number of sulfonamides is 1. The van der Waals surface area contributed by atoms with Crippen molar-refractivity contribution in [2.45, 2.75) is 18.7 Å². The summed E-state index contributed by atoms with van der Waals surface area (Å²) in [5, 5.41) is 3.53. The van der Waals surface area contributed by atoms with Crippen LogP contribution in [0.4, 0.5) is 0 Å². The molecule has 0 fully saturated rings. The number of fused-ring (bicyclic) bond motifs is 1. The van der Waals surface area contributed by atoms with Gasteiger partial charge in [-0.3, -0.25) is 4.79 Å². The summed E-state index contributed by atoms with van der Waals surface area (Å²) in [6, 6.07) is 12.5. The molecule has 2 aromatic carbocycles. The Morgan fingerprint density at radius 3 is 2.59 bits per heavy atom. The monoisotopic (exact) mass is 408 g/mol. The number of carbonyl (C=O) groups excluding carboxylic acids is 1. The zero-order valence-corrected chi connectivity index (χ0v) is 16.4. The van der Waals surface area contributed by atoms with Crippen molar-refractivity contribution in [2.24, 2.45) is 5.92 Å². The highest BCUT2D eigenvalue weighted by Gasteiger charge is 2.26. The molecule has 8 heteroatoms. The molecular weight excluding hydrogens is 388 g/mol. The maximum absolute atomic E-state index is 12.4. The number of amides is 1. The molecular formula is C19H21ClN2O4S. The Morgan fingerprint density at radius 1 is 1.19 bits per heavy atom. The first-order valence-corrected chi connectivity index (χ1v) is 10.6. The van der Waals surface area contributed by atoms with Crippen LogP contribution in [0.2, 0.25) is 5.02 Å². The number of nitrogens with one attached hydrogen (secondary N) is 2.